The van der Waals surface area contributed by atoms with E-state index >= 15 is 0 Å². The van der Waals surface area contributed by atoms with Crippen LogP contribution in [0.2, 0.25) is 0 Å². The number of ether oxygens (including phenoxy) is 1. The standard InChI is InChI=1S/C20H25N3O2/c1-15-5-11-25-20(13-15)6-9-22(10-7-20)18(24)12-17-14-21-19-16(2)4-3-8-23(17)19/h3-4,8,13-14H,5-7,9-12H2,1-2H3. The Kier molecular flexibility index (Phi) is 4.12. The molecular weight excluding hydrogens is 314 g/mol. The highest BCUT2D eigenvalue weighted by atomic mass is 16.5. The van der Waals surface area contributed by atoms with Crippen LogP contribution < -0.4 is 0 Å². The van der Waals surface area contributed by atoms with Crippen LogP contribution in [0.3, 0.4) is 0 Å². The number of hydrogen-bond acceptors (Lipinski definition) is 3. The normalized spacial score (nSPS) is 20.1. The first-order chi connectivity index (χ1) is 12.1. The van der Waals surface area contributed by atoms with Crippen LogP contribution in [0.15, 0.2) is 36.2 Å². The zero-order valence-corrected chi connectivity index (χ0v) is 15.0. The lowest BCUT2D eigenvalue weighted by atomic mass is 9.87. The maximum atomic E-state index is 12.8. The molecule has 0 radical (unpaired) electrons. The quantitative estimate of drug-likeness (QED) is 0.791. The van der Waals surface area contributed by atoms with Crippen molar-refractivity contribution in [1.82, 2.24) is 14.3 Å². The maximum Gasteiger partial charge on any atom is 0.228 e. The van der Waals surface area contributed by atoms with Crippen molar-refractivity contribution in [2.45, 2.75) is 45.1 Å². The molecule has 1 amide bonds. The second kappa shape index (κ2) is 6.30. The molecular formula is C20H25N3O2. The molecule has 1 fully saturated rings. The topological polar surface area (TPSA) is 46.8 Å². The maximum absolute atomic E-state index is 12.8. The summed E-state index contributed by atoms with van der Waals surface area (Å²) in [5.41, 5.74) is 4.28. The van der Waals surface area contributed by atoms with E-state index in [4.69, 9.17) is 4.74 Å². The minimum atomic E-state index is -0.139. The summed E-state index contributed by atoms with van der Waals surface area (Å²) >= 11 is 0. The predicted octanol–water partition coefficient (Wildman–Crippen LogP) is 2.91. The van der Waals surface area contributed by atoms with Crippen LogP contribution in [0.25, 0.3) is 5.65 Å². The number of hydrogen-bond donors (Lipinski definition) is 0. The minimum absolute atomic E-state index is 0.139. The zero-order valence-electron chi connectivity index (χ0n) is 15.0. The molecule has 2 aliphatic rings. The highest BCUT2D eigenvalue weighted by Gasteiger charge is 2.36. The molecule has 0 saturated carbocycles. The van der Waals surface area contributed by atoms with Gasteiger partial charge in [-0.15, -0.1) is 0 Å². The Morgan fingerprint density at radius 1 is 1.32 bits per heavy atom. The number of carbonyl (C=O) groups is 1. The van der Waals surface area contributed by atoms with E-state index in [1.54, 1.807) is 0 Å². The van der Waals surface area contributed by atoms with Crippen molar-refractivity contribution < 1.29 is 9.53 Å². The molecule has 0 bridgehead atoms. The molecule has 5 heteroatoms. The van der Waals surface area contributed by atoms with E-state index in [-0.39, 0.29) is 11.5 Å². The molecule has 2 aliphatic heterocycles. The first-order valence-electron chi connectivity index (χ1n) is 9.08. The fourth-order valence-corrected chi connectivity index (χ4v) is 4.00. The highest BCUT2D eigenvalue weighted by molar-refractivity contribution is 5.78. The molecule has 0 aromatic carbocycles. The van der Waals surface area contributed by atoms with Gasteiger partial charge in [0.2, 0.25) is 5.91 Å². The Morgan fingerprint density at radius 3 is 2.88 bits per heavy atom. The van der Waals surface area contributed by atoms with Gasteiger partial charge in [-0.1, -0.05) is 17.7 Å². The van der Waals surface area contributed by atoms with Crippen LogP contribution in [0.4, 0.5) is 0 Å². The monoisotopic (exact) mass is 339 g/mol. The molecule has 5 nitrogen and oxygen atoms in total. The van der Waals surface area contributed by atoms with Gasteiger partial charge in [-0.05, 0) is 44.7 Å². The lowest BCUT2D eigenvalue weighted by Gasteiger charge is -2.42. The number of aromatic nitrogens is 2. The molecule has 25 heavy (non-hydrogen) atoms. The summed E-state index contributed by atoms with van der Waals surface area (Å²) < 4.78 is 8.08. The Morgan fingerprint density at radius 2 is 2.12 bits per heavy atom. The first-order valence-corrected chi connectivity index (χ1v) is 9.08. The van der Waals surface area contributed by atoms with Gasteiger partial charge in [-0.3, -0.25) is 4.79 Å². The Labute approximate surface area is 148 Å². The molecule has 0 aliphatic carbocycles. The van der Waals surface area contributed by atoms with Gasteiger partial charge in [-0.2, -0.15) is 0 Å². The molecule has 0 unspecified atom stereocenters. The molecule has 4 heterocycles. The molecule has 1 saturated heterocycles. The molecule has 4 rings (SSSR count). The minimum Gasteiger partial charge on any atom is -0.370 e. The van der Waals surface area contributed by atoms with Crippen LogP contribution in [0, 0.1) is 6.92 Å². The third-order valence-corrected chi connectivity index (χ3v) is 5.50. The largest absolute Gasteiger partial charge is 0.370 e. The summed E-state index contributed by atoms with van der Waals surface area (Å²) in [6, 6.07) is 4.04. The van der Waals surface area contributed by atoms with Crippen LogP contribution >= 0.6 is 0 Å². The van der Waals surface area contributed by atoms with Gasteiger partial charge in [0.15, 0.2) is 0 Å². The second-order valence-corrected chi connectivity index (χ2v) is 7.35. The summed E-state index contributed by atoms with van der Waals surface area (Å²) in [4.78, 5) is 19.2. The van der Waals surface area contributed by atoms with Gasteiger partial charge in [-0.25, -0.2) is 4.98 Å². The second-order valence-electron chi connectivity index (χ2n) is 7.35. The van der Waals surface area contributed by atoms with E-state index in [0.717, 1.165) is 55.9 Å². The number of imidazole rings is 1. The van der Waals surface area contributed by atoms with Gasteiger partial charge >= 0.3 is 0 Å². The van der Waals surface area contributed by atoms with E-state index in [1.165, 1.54) is 5.57 Å². The fraction of sp³-hybridized carbons (Fsp3) is 0.500. The van der Waals surface area contributed by atoms with Crippen molar-refractivity contribution in [1.29, 1.82) is 0 Å². The van der Waals surface area contributed by atoms with Crippen LogP contribution in [-0.4, -0.2) is 45.5 Å². The highest BCUT2D eigenvalue weighted by Crippen LogP contribution is 2.33. The number of fused-ring (bicyclic) bond motifs is 1. The number of amides is 1. The SMILES string of the molecule is CC1=CC2(CCN(C(=O)Cc3cnc4c(C)cccn34)CC2)OCC1. The number of likely N-dealkylation sites (tertiary alicyclic amines) is 1. The van der Waals surface area contributed by atoms with E-state index in [0.29, 0.717) is 6.42 Å². The smallest absolute Gasteiger partial charge is 0.228 e. The molecule has 0 atom stereocenters. The number of nitrogens with zero attached hydrogens (tertiary/aromatic N) is 3. The van der Waals surface area contributed by atoms with Gasteiger partial charge in [0.05, 0.1) is 24.3 Å². The Hall–Kier alpha value is -2.14. The van der Waals surface area contributed by atoms with Crippen molar-refractivity contribution in [3.8, 4) is 0 Å². The van der Waals surface area contributed by atoms with Crippen LogP contribution in [0.1, 0.15) is 37.4 Å². The van der Waals surface area contributed by atoms with E-state index in [2.05, 4.69) is 18.0 Å². The Balaban J connectivity index is 1.44. The number of piperidine rings is 1. The Bertz CT molecular complexity index is 829. The van der Waals surface area contributed by atoms with Crippen molar-refractivity contribution in [2.75, 3.05) is 19.7 Å². The fourth-order valence-electron chi connectivity index (χ4n) is 4.00. The van der Waals surface area contributed by atoms with Crippen molar-refractivity contribution in [2.24, 2.45) is 0 Å². The van der Waals surface area contributed by atoms with Crippen LogP contribution in [-0.2, 0) is 16.0 Å². The summed E-state index contributed by atoms with van der Waals surface area (Å²) in [5.74, 6) is 0.176. The molecule has 1 spiro atoms. The average molecular weight is 339 g/mol. The van der Waals surface area contributed by atoms with Gasteiger partial charge < -0.3 is 14.0 Å². The molecule has 2 aromatic heterocycles. The molecule has 0 N–H and O–H groups in total. The van der Waals surface area contributed by atoms with Gasteiger partial charge in [0.25, 0.3) is 0 Å². The van der Waals surface area contributed by atoms with E-state index < -0.39 is 0 Å². The number of aryl methyl sites for hydroxylation is 1. The number of carbonyl (C=O) groups excluding carboxylic acids is 1. The average Bonchev–Trinajstić information content (AvgIpc) is 3.00. The molecule has 2 aromatic rings. The summed E-state index contributed by atoms with van der Waals surface area (Å²) in [6.45, 7) is 6.54. The van der Waals surface area contributed by atoms with Gasteiger partial charge in [0, 0.05) is 25.5 Å². The van der Waals surface area contributed by atoms with Crippen molar-refractivity contribution >= 4 is 11.6 Å². The van der Waals surface area contributed by atoms with Crippen molar-refractivity contribution in [3.63, 3.8) is 0 Å². The third-order valence-electron chi connectivity index (χ3n) is 5.50. The van der Waals surface area contributed by atoms with E-state index in [1.807, 2.05) is 40.8 Å². The zero-order chi connectivity index (χ0) is 17.4. The number of rotatable bonds is 2. The van der Waals surface area contributed by atoms with Gasteiger partial charge in [0.1, 0.15) is 5.65 Å². The van der Waals surface area contributed by atoms with E-state index in [9.17, 15) is 4.79 Å². The van der Waals surface area contributed by atoms with Crippen molar-refractivity contribution in [3.05, 3.63) is 47.4 Å². The lowest BCUT2D eigenvalue weighted by Crippen LogP contribution is -2.48. The first kappa shape index (κ1) is 16.3. The van der Waals surface area contributed by atoms with Crippen LogP contribution in [0.5, 0.6) is 0 Å². The predicted molar refractivity (Wildman–Crippen MR) is 96.5 cm³/mol. The number of pyridine rings is 1. The summed E-state index contributed by atoms with van der Waals surface area (Å²) in [7, 11) is 0. The summed E-state index contributed by atoms with van der Waals surface area (Å²) in [6.07, 6.45) is 9.29. The molecule has 132 valence electrons. The summed E-state index contributed by atoms with van der Waals surface area (Å²) in [5, 5.41) is 0. The third kappa shape index (κ3) is 3.09. The lowest BCUT2D eigenvalue weighted by molar-refractivity contribution is -0.135.